The average Bonchev–Trinajstić information content (AvgIpc) is 3.16. The molecule has 1 aromatic carbocycles. The van der Waals surface area contributed by atoms with Gasteiger partial charge in [0.2, 0.25) is 21.8 Å². The summed E-state index contributed by atoms with van der Waals surface area (Å²) in [5.74, 6) is -1.68. The van der Waals surface area contributed by atoms with Crippen LogP contribution in [0.4, 0.5) is 0 Å². The molecule has 0 radical (unpaired) electrons. The molecule has 1 fully saturated rings. The van der Waals surface area contributed by atoms with Crippen molar-refractivity contribution < 1.29 is 28.0 Å². The van der Waals surface area contributed by atoms with Gasteiger partial charge < -0.3 is 16.4 Å². The lowest BCUT2D eigenvalue weighted by Crippen LogP contribution is -2.47. The standard InChI is InChI=1S/C19H29N5O6S.ClH/c1-12(2)8-15(20)18(26)21-10-17(25)22-13-9-16(19(27)23-28)24(11-13)31(29,30)14-6-4-3-5-7-14;/h3-7,12-13,15-16,28H,8-11,20H2,1-2H3,(H,21,26)(H,22,25)(H,23,27);1H/t13-,15-,16-;/m0./s1. The number of rotatable bonds is 9. The zero-order chi connectivity index (χ0) is 23.2. The second-order valence-corrected chi connectivity index (χ2v) is 9.72. The third kappa shape index (κ3) is 7.14. The van der Waals surface area contributed by atoms with E-state index in [1.807, 2.05) is 13.8 Å². The van der Waals surface area contributed by atoms with Gasteiger partial charge in [0, 0.05) is 12.6 Å². The topological polar surface area (TPSA) is 171 Å². The van der Waals surface area contributed by atoms with Gasteiger partial charge in [0.25, 0.3) is 5.91 Å². The maximum absolute atomic E-state index is 13.0. The molecule has 1 aliphatic rings. The number of sulfonamides is 1. The lowest BCUT2D eigenvalue weighted by Gasteiger charge is -2.22. The molecule has 6 N–H and O–H groups in total. The van der Waals surface area contributed by atoms with Gasteiger partial charge in [0.05, 0.1) is 17.5 Å². The van der Waals surface area contributed by atoms with Crippen molar-refractivity contribution in [2.24, 2.45) is 11.7 Å². The Morgan fingerprint density at radius 2 is 1.84 bits per heavy atom. The summed E-state index contributed by atoms with van der Waals surface area (Å²) in [7, 11) is -4.04. The first-order valence-electron chi connectivity index (χ1n) is 9.89. The Bertz CT molecular complexity index is 899. The molecule has 1 aliphatic heterocycles. The predicted octanol–water partition coefficient (Wildman–Crippen LogP) is -0.649. The number of hydroxylamine groups is 1. The van der Waals surface area contributed by atoms with Gasteiger partial charge in [-0.3, -0.25) is 19.6 Å². The fourth-order valence-corrected chi connectivity index (χ4v) is 5.07. The number of nitrogens with two attached hydrogens (primary N) is 1. The van der Waals surface area contributed by atoms with Crippen LogP contribution >= 0.6 is 12.4 Å². The summed E-state index contributed by atoms with van der Waals surface area (Å²) in [5.41, 5.74) is 7.24. The van der Waals surface area contributed by atoms with E-state index in [1.165, 1.54) is 17.6 Å². The van der Waals surface area contributed by atoms with Gasteiger partial charge in [-0.2, -0.15) is 4.31 Å². The van der Waals surface area contributed by atoms with E-state index in [0.29, 0.717) is 6.42 Å². The number of halogens is 1. The molecule has 180 valence electrons. The number of hydrogen-bond acceptors (Lipinski definition) is 7. The highest BCUT2D eigenvalue weighted by atomic mass is 35.5. The van der Waals surface area contributed by atoms with Gasteiger partial charge in [-0.1, -0.05) is 32.0 Å². The van der Waals surface area contributed by atoms with Gasteiger partial charge in [-0.25, -0.2) is 13.9 Å². The monoisotopic (exact) mass is 491 g/mol. The van der Waals surface area contributed by atoms with E-state index in [4.69, 9.17) is 10.9 Å². The first-order chi connectivity index (χ1) is 14.6. The molecular weight excluding hydrogens is 462 g/mol. The SMILES string of the molecule is CC(C)C[C@H](N)C(=O)NCC(=O)N[C@H]1C[C@@H](C(=O)NO)N(S(=O)(=O)c2ccccc2)C1.Cl. The number of carbonyl (C=O) groups excluding carboxylic acids is 3. The van der Waals surface area contributed by atoms with Crippen molar-refractivity contribution in [1.82, 2.24) is 20.4 Å². The van der Waals surface area contributed by atoms with Crippen LogP contribution in [0.5, 0.6) is 0 Å². The summed E-state index contributed by atoms with van der Waals surface area (Å²) in [4.78, 5) is 36.2. The molecule has 2 rings (SSSR count). The molecule has 3 atom stereocenters. The number of amides is 3. The molecule has 13 heteroatoms. The average molecular weight is 492 g/mol. The minimum atomic E-state index is -4.04. The lowest BCUT2D eigenvalue weighted by atomic mass is 10.0. The number of nitrogens with one attached hydrogen (secondary N) is 3. The van der Waals surface area contributed by atoms with Crippen LogP contribution in [0.15, 0.2) is 35.2 Å². The zero-order valence-corrected chi connectivity index (χ0v) is 19.5. The molecule has 11 nitrogen and oxygen atoms in total. The highest BCUT2D eigenvalue weighted by Crippen LogP contribution is 2.26. The highest BCUT2D eigenvalue weighted by molar-refractivity contribution is 7.89. The fraction of sp³-hybridized carbons (Fsp3) is 0.526. The van der Waals surface area contributed by atoms with Crippen LogP contribution in [0.1, 0.15) is 26.7 Å². The third-order valence-corrected chi connectivity index (χ3v) is 6.76. The van der Waals surface area contributed by atoms with Crippen molar-refractivity contribution in [3.05, 3.63) is 30.3 Å². The van der Waals surface area contributed by atoms with Crippen LogP contribution in [-0.4, -0.2) is 66.9 Å². The Labute approximate surface area is 193 Å². The van der Waals surface area contributed by atoms with E-state index in [1.54, 1.807) is 18.2 Å². The van der Waals surface area contributed by atoms with Crippen LogP contribution in [0.25, 0.3) is 0 Å². The largest absolute Gasteiger partial charge is 0.350 e. The first kappa shape index (κ1) is 27.8. The summed E-state index contributed by atoms with van der Waals surface area (Å²) in [5, 5.41) is 14.1. The summed E-state index contributed by atoms with van der Waals surface area (Å²) >= 11 is 0. The van der Waals surface area contributed by atoms with Crippen LogP contribution in [0.2, 0.25) is 0 Å². The molecular formula is C19H30ClN5O6S. The minimum absolute atomic E-state index is 0. The molecule has 0 bridgehead atoms. The van der Waals surface area contributed by atoms with Crippen LogP contribution in [0, 0.1) is 5.92 Å². The van der Waals surface area contributed by atoms with Crippen molar-refractivity contribution in [3.63, 3.8) is 0 Å². The van der Waals surface area contributed by atoms with Crippen LogP contribution in [-0.2, 0) is 24.4 Å². The number of hydrogen-bond donors (Lipinski definition) is 5. The van der Waals surface area contributed by atoms with E-state index >= 15 is 0 Å². The molecule has 0 aliphatic carbocycles. The molecule has 0 spiro atoms. The molecule has 1 heterocycles. The first-order valence-corrected chi connectivity index (χ1v) is 11.3. The second-order valence-electron chi connectivity index (χ2n) is 7.83. The van der Waals surface area contributed by atoms with E-state index < -0.39 is 45.9 Å². The van der Waals surface area contributed by atoms with Crippen molar-refractivity contribution >= 4 is 40.2 Å². The quantitative estimate of drug-likeness (QED) is 0.225. The van der Waals surface area contributed by atoms with Gasteiger partial charge in [-0.15, -0.1) is 12.4 Å². The van der Waals surface area contributed by atoms with Gasteiger partial charge >= 0.3 is 0 Å². The Balaban J connectivity index is 0.00000512. The number of benzene rings is 1. The molecule has 1 aromatic rings. The van der Waals surface area contributed by atoms with E-state index in [9.17, 15) is 22.8 Å². The Morgan fingerprint density at radius 1 is 1.22 bits per heavy atom. The van der Waals surface area contributed by atoms with Crippen molar-refractivity contribution in [2.75, 3.05) is 13.1 Å². The molecule has 32 heavy (non-hydrogen) atoms. The Hall–Kier alpha value is -2.25. The summed E-state index contributed by atoms with van der Waals surface area (Å²) in [6, 6.07) is 4.93. The zero-order valence-electron chi connectivity index (χ0n) is 17.9. The third-order valence-electron chi connectivity index (χ3n) is 4.87. The van der Waals surface area contributed by atoms with Gasteiger partial charge in [-0.05, 0) is 30.9 Å². The summed E-state index contributed by atoms with van der Waals surface area (Å²) in [6.07, 6.45) is 0.436. The normalized spacial score (nSPS) is 19.7. The number of carbonyl (C=O) groups is 3. The molecule has 0 unspecified atom stereocenters. The van der Waals surface area contributed by atoms with E-state index in [0.717, 1.165) is 4.31 Å². The molecule has 0 aromatic heterocycles. The minimum Gasteiger partial charge on any atom is -0.350 e. The van der Waals surface area contributed by atoms with Gasteiger partial charge in [0.15, 0.2) is 0 Å². The summed E-state index contributed by atoms with van der Waals surface area (Å²) < 4.78 is 26.9. The molecule has 0 saturated carbocycles. The summed E-state index contributed by atoms with van der Waals surface area (Å²) in [6.45, 7) is 3.35. The van der Waals surface area contributed by atoms with Crippen molar-refractivity contribution in [1.29, 1.82) is 0 Å². The Kier molecular flexibility index (Phi) is 10.5. The number of nitrogens with zero attached hydrogens (tertiary/aromatic N) is 1. The van der Waals surface area contributed by atoms with E-state index in [2.05, 4.69) is 10.6 Å². The Morgan fingerprint density at radius 3 is 2.41 bits per heavy atom. The smallest absolute Gasteiger partial charge is 0.261 e. The fourth-order valence-electron chi connectivity index (χ4n) is 3.41. The lowest BCUT2D eigenvalue weighted by molar-refractivity contribution is -0.132. The van der Waals surface area contributed by atoms with E-state index in [-0.39, 0.29) is 42.7 Å². The van der Waals surface area contributed by atoms with Crippen molar-refractivity contribution in [2.45, 2.75) is 49.7 Å². The second kappa shape index (κ2) is 12.1. The highest BCUT2D eigenvalue weighted by Gasteiger charge is 2.44. The maximum atomic E-state index is 13.0. The van der Waals surface area contributed by atoms with Crippen LogP contribution in [0.3, 0.4) is 0 Å². The van der Waals surface area contributed by atoms with Crippen LogP contribution < -0.4 is 21.8 Å². The van der Waals surface area contributed by atoms with Crippen molar-refractivity contribution in [3.8, 4) is 0 Å². The molecule has 1 saturated heterocycles. The maximum Gasteiger partial charge on any atom is 0.261 e. The predicted molar refractivity (Wildman–Crippen MR) is 118 cm³/mol. The van der Waals surface area contributed by atoms with Gasteiger partial charge in [0.1, 0.15) is 6.04 Å². The molecule has 3 amide bonds.